The second kappa shape index (κ2) is 6.05. The summed E-state index contributed by atoms with van der Waals surface area (Å²) in [7, 11) is 0. The predicted octanol–water partition coefficient (Wildman–Crippen LogP) is 4.10. The van der Waals surface area contributed by atoms with Crippen molar-refractivity contribution in [2.24, 2.45) is 0 Å². The zero-order valence-electron chi connectivity index (χ0n) is 10.2. The van der Waals surface area contributed by atoms with E-state index < -0.39 is 0 Å². The molecule has 0 aromatic heterocycles. The molecule has 0 spiro atoms. The summed E-state index contributed by atoms with van der Waals surface area (Å²) < 4.78 is 5.97. The van der Waals surface area contributed by atoms with Crippen molar-refractivity contribution in [3.05, 3.63) is 35.4 Å². The van der Waals surface area contributed by atoms with Gasteiger partial charge in [-0.1, -0.05) is 50.5 Å². The first-order valence-electron chi connectivity index (χ1n) is 6.58. The van der Waals surface area contributed by atoms with E-state index in [1.165, 1.54) is 43.2 Å². The molecule has 1 nitrogen and oxygen atoms in total. The van der Waals surface area contributed by atoms with Crippen molar-refractivity contribution in [2.75, 3.05) is 0 Å². The average Bonchev–Trinajstić information content (AvgIpc) is 2.38. The van der Waals surface area contributed by atoms with Crippen LogP contribution in [0.3, 0.4) is 0 Å². The molecular formula is C15H22O. The van der Waals surface area contributed by atoms with Crippen LogP contribution in [0.5, 0.6) is 0 Å². The Kier molecular flexibility index (Phi) is 4.41. The molecule has 1 aliphatic rings. The number of ether oxygens (including phenoxy) is 1. The van der Waals surface area contributed by atoms with Crippen molar-refractivity contribution >= 4 is 0 Å². The summed E-state index contributed by atoms with van der Waals surface area (Å²) in [4.78, 5) is 0. The van der Waals surface area contributed by atoms with Crippen molar-refractivity contribution in [1.82, 2.24) is 0 Å². The summed E-state index contributed by atoms with van der Waals surface area (Å²) in [6.45, 7) is 2.99. The van der Waals surface area contributed by atoms with E-state index in [9.17, 15) is 0 Å². The number of benzene rings is 1. The van der Waals surface area contributed by atoms with Crippen LogP contribution in [-0.4, -0.2) is 6.10 Å². The molecule has 0 radical (unpaired) electrons. The lowest BCUT2D eigenvalue weighted by Crippen LogP contribution is -2.16. The number of aryl methyl sites for hydroxylation is 1. The van der Waals surface area contributed by atoms with Crippen LogP contribution in [-0.2, 0) is 17.8 Å². The minimum Gasteiger partial charge on any atom is -0.374 e. The van der Waals surface area contributed by atoms with E-state index in [2.05, 4.69) is 31.2 Å². The third kappa shape index (κ3) is 3.34. The Morgan fingerprint density at radius 1 is 1.12 bits per heavy atom. The monoisotopic (exact) mass is 218 g/mol. The van der Waals surface area contributed by atoms with Crippen LogP contribution in [0.4, 0.5) is 0 Å². The highest BCUT2D eigenvalue weighted by Gasteiger charge is 2.13. The summed E-state index contributed by atoms with van der Waals surface area (Å²) >= 11 is 0. The van der Waals surface area contributed by atoms with Gasteiger partial charge in [0.25, 0.3) is 0 Å². The van der Waals surface area contributed by atoms with Gasteiger partial charge >= 0.3 is 0 Å². The van der Waals surface area contributed by atoms with E-state index in [4.69, 9.17) is 4.74 Å². The molecule has 0 unspecified atom stereocenters. The molecule has 0 atom stereocenters. The van der Waals surface area contributed by atoms with E-state index in [1.807, 2.05) is 0 Å². The molecule has 0 aliphatic heterocycles. The Morgan fingerprint density at radius 3 is 2.62 bits per heavy atom. The fourth-order valence-corrected chi connectivity index (χ4v) is 2.39. The molecule has 1 saturated carbocycles. The number of hydrogen-bond donors (Lipinski definition) is 0. The summed E-state index contributed by atoms with van der Waals surface area (Å²) in [6, 6.07) is 8.76. The summed E-state index contributed by atoms with van der Waals surface area (Å²) in [5, 5.41) is 0. The van der Waals surface area contributed by atoms with Gasteiger partial charge in [0.1, 0.15) is 0 Å². The van der Waals surface area contributed by atoms with Crippen LogP contribution in [0.1, 0.15) is 50.2 Å². The molecule has 0 heterocycles. The third-order valence-electron chi connectivity index (χ3n) is 3.44. The van der Waals surface area contributed by atoms with Gasteiger partial charge in [0, 0.05) is 0 Å². The summed E-state index contributed by atoms with van der Waals surface area (Å²) in [5.41, 5.74) is 2.73. The van der Waals surface area contributed by atoms with E-state index in [-0.39, 0.29) is 0 Å². The third-order valence-corrected chi connectivity index (χ3v) is 3.44. The van der Waals surface area contributed by atoms with Crippen molar-refractivity contribution < 1.29 is 4.74 Å². The quantitative estimate of drug-likeness (QED) is 0.739. The lowest BCUT2D eigenvalue weighted by Gasteiger charge is -2.22. The molecule has 0 amide bonds. The molecule has 88 valence electrons. The minimum absolute atomic E-state index is 0.513. The summed E-state index contributed by atoms with van der Waals surface area (Å²) in [5.74, 6) is 0. The normalized spacial score (nSPS) is 17.6. The lowest BCUT2D eigenvalue weighted by atomic mass is 9.98. The Balaban J connectivity index is 1.83. The Morgan fingerprint density at radius 2 is 1.88 bits per heavy atom. The molecule has 1 heteroatoms. The van der Waals surface area contributed by atoms with Gasteiger partial charge in [-0.25, -0.2) is 0 Å². The molecular weight excluding hydrogens is 196 g/mol. The van der Waals surface area contributed by atoms with Gasteiger partial charge in [-0.15, -0.1) is 0 Å². The molecule has 1 fully saturated rings. The van der Waals surface area contributed by atoms with Crippen LogP contribution in [0.2, 0.25) is 0 Å². The van der Waals surface area contributed by atoms with Crippen LogP contribution in [0.15, 0.2) is 24.3 Å². The molecule has 1 aromatic carbocycles. The van der Waals surface area contributed by atoms with Crippen molar-refractivity contribution in [1.29, 1.82) is 0 Å². The fourth-order valence-electron chi connectivity index (χ4n) is 2.39. The van der Waals surface area contributed by atoms with Gasteiger partial charge in [-0.3, -0.25) is 0 Å². The van der Waals surface area contributed by atoms with Crippen molar-refractivity contribution in [3.8, 4) is 0 Å². The standard InChI is InChI=1S/C15H22O/c1-2-13-7-6-8-14(11-13)12-16-15-9-4-3-5-10-15/h6-8,11,15H,2-5,9-10,12H2,1H3. The Hall–Kier alpha value is -0.820. The number of rotatable bonds is 4. The van der Waals surface area contributed by atoms with Crippen LogP contribution >= 0.6 is 0 Å². The lowest BCUT2D eigenvalue weighted by molar-refractivity contribution is 0.0168. The topological polar surface area (TPSA) is 9.23 Å². The van der Waals surface area contributed by atoms with E-state index >= 15 is 0 Å². The van der Waals surface area contributed by atoms with Gasteiger partial charge in [0.15, 0.2) is 0 Å². The average molecular weight is 218 g/mol. The smallest absolute Gasteiger partial charge is 0.0720 e. The van der Waals surface area contributed by atoms with Crippen LogP contribution < -0.4 is 0 Å². The Bertz CT molecular complexity index is 313. The van der Waals surface area contributed by atoms with Crippen LogP contribution in [0, 0.1) is 0 Å². The predicted molar refractivity (Wildman–Crippen MR) is 67.5 cm³/mol. The minimum atomic E-state index is 0.513. The first-order valence-corrected chi connectivity index (χ1v) is 6.58. The molecule has 0 bridgehead atoms. The van der Waals surface area contributed by atoms with E-state index in [0.29, 0.717) is 6.10 Å². The van der Waals surface area contributed by atoms with Gasteiger partial charge in [0.2, 0.25) is 0 Å². The highest BCUT2D eigenvalue weighted by atomic mass is 16.5. The highest BCUT2D eigenvalue weighted by molar-refractivity contribution is 5.22. The maximum atomic E-state index is 5.97. The molecule has 0 saturated heterocycles. The van der Waals surface area contributed by atoms with Crippen LogP contribution in [0.25, 0.3) is 0 Å². The SMILES string of the molecule is CCc1cccc(COC2CCCCC2)c1. The second-order valence-corrected chi connectivity index (χ2v) is 4.74. The largest absolute Gasteiger partial charge is 0.374 e. The zero-order valence-corrected chi connectivity index (χ0v) is 10.2. The van der Waals surface area contributed by atoms with Gasteiger partial charge in [-0.2, -0.15) is 0 Å². The summed E-state index contributed by atoms with van der Waals surface area (Å²) in [6.07, 6.45) is 8.22. The fraction of sp³-hybridized carbons (Fsp3) is 0.600. The molecule has 0 N–H and O–H groups in total. The van der Waals surface area contributed by atoms with Gasteiger partial charge in [-0.05, 0) is 30.4 Å². The molecule has 1 aromatic rings. The van der Waals surface area contributed by atoms with Gasteiger partial charge < -0.3 is 4.74 Å². The van der Waals surface area contributed by atoms with E-state index in [0.717, 1.165) is 13.0 Å². The zero-order chi connectivity index (χ0) is 11.2. The molecule has 16 heavy (non-hydrogen) atoms. The molecule has 1 aliphatic carbocycles. The molecule has 2 rings (SSSR count). The van der Waals surface area contributed by atoms with Gasteiger partial charge in [0.05, 0.1) is 12.7 Å². The highest BCUT2D eigenvalue weighted by Crippen LogP contribution is 2.21. The first kappa shape index (κ1) is 11.7. The van der Waals surface area contributed by atoms with Crippen molar-refractivity contribution in [3.63, 3.8) is 0 Å². The van der Waals surface area contributed by atoms with Crippen molar-refractivity contribution in [2.45, 2.75) is 58.2 Å². The van der Waals surface area contributed by atoms with E-state index in [1.54, 1.807) is 0 Å². The maximum absolute atomic E-state index is 5.97. The number of hydrogen-bond acceptors (Lipinski definition) is 1. The Labute approximate surface area is 98.8 Å². The second-order valence-electron chi connectivity index (χ2n) is 4.74. The maximum Gasteiger partial charge on any atom is 0.0720 e. The first-order chi connectivity index (χ1) is 7.88.